The molecule has 1 heterocycles. The van der Waals surface area contributed by atoms with Crippen molar-refractivity contribution in [2.75, 3.05) is 39.3 Å². The van der Waals surface area contributed by atoms with Crippen molar-refractivity contribution in [2.45, 2.75) is 18.6 Å². The first kappa shape index (κ1) is 15.8. The van der Waals surface area contributed by atoms with E-state index in [2.05, 4.69) is 10.6 Å². The summed E-state index contributed by atoms with van der Waals surface area (Å²) in [6.45, 7) is 1.76. The van der Waals surface area contributed by atoms with Gasteiger partial charge in [-0.05, 0) is 30.7 Å². The van der Waals surface area contributed by atoms with Gasteiger partial charge in [-0.2, -0.15) is 0 Å². The molecule has 116 valence electrons. The number of hydrogen-bond donors (Lipinski definition) is 2. The largest absolute Gasteiger partial charge is 0.491 e. The molecule has 1 aliphatic heterocycles. The van der Waals surface area contributed by atoms with E-state index in [4.69, 9.17) is 14.2 Å². The molecule has 0 aromatic heterocycles. The Morgan fingerprint density at radius 3 is 2.67 bits per heavy atom. The minimum Gasteiger partial charge on any atom is -0.491 e. The Balaban J connectivity index is 1.81. The molecule has 1 aliphatic rings. The van der Waals surface area contributed by atoms with Crippen molar-refractivity contribution in [3.05, 3.63) is 24.3 Å². The molecular weight excluding hydrogens is 272 g/mol. The number of rotatable bonds is 7. The molecule has 2 unspecified atom stereocenters. The van der Waals surface area contributed by atoms with Crippen LogP contribution in [0.5, 0.6) is 5.75 Å². The Hall–Kier alpha value is -1.63. The second-order valence-electron chi connectivity index (χ2n) is 4.91. The first-order valence-corrected chi connectivity index (χ1v) is 7.01. The van der Waals surface area contributed by atoms with Crippen LogP contribution in [-0.2, 0) is 14.3 Å². The molecule has 0 spiro atoms. The zero-order valence-electron chi connectivity index (χ0n) is 12.4. The van der Waals surface area contributed by atoms with E-state index in [1.54, 1.807) is 14.2 Å². The number of ether oxygens (including phenoxy) is 3. The van der Waals surface area contributed by atoms with Crippen LogP contribution in [0.25, 0.3) is 0 Å². The summed E-state index contributed by atoms with van der Waals surface area (Å²) in [5.74, 6) is 0.714. The molecule has 1 amide bonds. The summed E-state index contributed by atoms with van der Waals surface area (Å²) in [5.41, 5.74) is 0.752. The van der Waals surface area contributed by atoms with Crippen molar-refractivity contribution in [1.82, 2.24) is 5.32 Å². The topological polar surface area (TPSA) is 68.8 Å². The highest BCUT2D eigenvalue weighted by molar-refractivity contribution is 5.95. The number of carbonyl (C=O) groups excluding carboxylic acids is 1. The van der Waals surface area contributed by atoms with E-state index in [1.165, 1.54) is 0 Å². The average Bonchev–Trinajstić information content (AvgIpc) is 2.98. The molecule has 21 heavy (non-hydrogen) atoms. The van der Waals surface area contributed by atoms with Crippen LogP contribution < -0.4 is 15.4 Å². The van der Waals surface area contributed by atoms with E-state index in [-0.39, 0.29) is 18.1 Å². The van der Waals surface area contributed by atoms with Gasteiger partial charge in [-0.3, -0.25) is 4.79 Å². The fraction of sp³-hybridized carbons (Fsp3) is 0.533. The van der Waals surface area contributed by atoms with Crippen LogP contribution in [0.1, 0.15) is 6.42 Å². The van der Waals surface area contributed by atoms with E-state index < -0.39 is 0 Å². The van der Waals surface area contributed by atoms with Gasteiger partial charge in [-0.15, -0.1) is 0 Å². The molecule has 1 aromatic carbocycles. The van der Waals surface area contributed by atoms with Gasteiger partial charge in [0.2, 0.25) is 5.91 Å². The molecule has 1 fully saturated rings. The summed E-state index contributed by atoms with van der Waals surface area (Å²) in [7, 11) is 3.29. The third kappa shape index (κ3) is 4.70. The Bertz CT molecular complexity index is 449. The molecule has 2 N–H and O–H groups in total. The normalized spacial score (nSPS) is 21.2. The molecule has 0 radical (unpaired) electrons. The molecule has 1 aromatic rings. The average molecular weight is 294 g/mol. The number of methoxy groups -OCH3 is 2. The maximum absolute atomic E-state index is 12.1. The van der Waals surface area contributed by atoms with Crippen molar-refractivity contribution >= 4 is 11.6 Å². The summed E-state index contributed by atoms with van der Waals surface area (Å²) in [4.78, 5) is 12.1. The van der Waals surface area contributed by atoms with Gasteiger partial charge in [-0.25, -0.2) is 0 Å². The number of benzene rings is 1. The molecule has 2 atom stereocenters. The van der Waals surface area contributed by atoms with Gasteiger partial charge in [-0.1, -0.05) is 0 Å². The van der Waals surface area contributed by atoms with E-state index in [0.717, 1.165) is 11.4 Å². The van der Waals surface area contributed by atoms with Gasteiger partial charge in [0.1, 0.15) is 12.4 Å². The number of nitrogens with one attached hydrogen (secondary N) is 2. The summed E-state index contributed by atoms with van der Waals surface area (Å²) < 4.78 is 15.6. The number of hydrogen-bond acceptors (Lipinski definition) is 5. The predicted molar refractivity (Wildman–Crippen MR) is 79.6 cm³/mol. The lowest BCUT2D eigenvalue weighted by atomic mass is 10.2. The summed E-state index contributed by atoms with van der Waals surface area (Å²) in [6.07, 6.45) is 0.804. The van der Waals surface area contributed by atoms with Crippen LogP contribution in [0.2, 0.25) is 0 Å². The summed E-state index contributed by atoms with van der Waals surface area (Å²) in [5, 5.41) is 6.03. The molecule has 0 aliphatic carbocycles. The zero-order valence-corrected chi connectivity index (χ0v) is 12.4. The third-order valence-electron chi connectivity index (χ3n) is 3.42. The van der Waals surface area contributed by atoms with Crippen molar-refractivity contribution in [2.24, 2.45) is 0 Å². The molecule has 2 rings (SSSR count). The second kappa shape index (κ2) is 7.97. The molecular formula is C15H22N2O4. The van der Waals surface area contributed by atoms with Gasteiger partial charge in [0.25, 0.3) is 0 Å². The van der Waals surface area contributed by atoms with Gasteiger partial charge in [0, 0.05) is 26.5 Å². The monoisotopic (exact) mass is 294 g/mol. The lowest BCUT2D eigenvalue weighted by molar-refractivity contribution is -0.118. The molecule has 1 saturated heterocycles. The minimum absolute atomic E-state index is 0.0393. The van der Waals surface area contributed by atoms with Gasteiger partial charge in [0.15, 0.2) is 0 Å². The van der Waals surface area contributed by atoms with Crippen molar-refractivity contribution < 1.29 is 19.0 Å². The van der Waals surface area contributed by atoms with Crippen LogP contribution >= 0.6 is 0 Å². The Morgan fingerprint density at radius 1 is 1.29 bits per heavy atom. The van der Waals surface area contributed by atoms with E-state index >= 15 is 0 Å². The lowest BCUT2D eigenvalue weighted by Gasteiger charge is -2.12. The highest BCUT2D eigenvalue weighted by atomic mass is 16.5. The van der Waals surface area contributed by atoms with Crippen molar-refractivity contribution in [3.63, 3.8) is 0 Å². The molecule has 6 heteroatoms. The van der Waals surface area contributed by atoms with Crippen LogP contribution in [0.3, 0.4) is 0 Å². The summed E-state index contributed by atoms with van der Waals surface area (Å²) in [6, 6.07) is 7.09. The Labute approximate surface area is 124 Å². The maximum Gasteiger partial charge on any atom is 0.241 e. The Morgan fingerprint density at radius 2 is 2.05 bits per heavy atom. The standard InChI is InChI=1S/C15H22N2O4/c1-19-7-8-21-12-5-3-11(4-6-12)17-15(18)14-9-13(20-2)10-16-14/h3-6,13-14,16H,7-10H2,1-2H3,(H,17,18). The number of anilines is 1. The first-order valence-electron chi connectivity index (χ1n) is 7.01. The highest BCUT2D eigenvalue weighted by Gasteiger charge is 2.29. The molecule has 0 saturated carbocycles. The molecule has 6 nitrogen and oxygen atoms in total. The quantitative estimate of drug-likeness (QED) is 0.735. The van der Waals surface area contributed by atoms with Crippen LogP contribution in [0.15, 0.2) is 24.3 Å². The van der Waals surface area contributed by atoms with Crippen LogP contribution in [0, 0.1) is 0 Å². The predicted octanol–water partition coefficient (Wildman–Crippen LogP) is 1.03. The third-order valence-corrected chi connectivity index (χ3v) is 3.42. The van der Waals surface area contributed by atoms with Crippen molar-refractivity contribution in [3.8, 4) is 5.75 Å². The number of carbonyl (C=O) groups is 1. The maximum atomic E-state index is 12.1. The Kier molecular flexibility index (Phi) is 5.98. The SMILES string of the molecule is COCCOc1ccc(NC(=O)C2CC(OC)CN2)cc1. The first-order chi connectivity index (χ1) is 10.2. The number of amides is 1. The minimum atomic E-state index is -0.201. The fourth-order valence-electron chi connectivity index (χ4n) is 2.19. The smallest absolute Gasteiger partial charge is 0.241 e. The fourth-order valence-corrected chi connectivity index (χ4v) is 2.19. The van der Waals surface area contributed by atoms with E-state index in [9.17, 15) is 4.79 Å². The van der Waals surface area contributed by atoms with Crippen LogP contribution in [-0.4, -0.2) is 52.0 Å². The lowest BCUT2D eigenvalue weighted by Crippen LogP contribution is -2.35. The van der Waals surface area contributed by atoms with Crippen molar-refractivity contribution in [1.29, 1.82) is 0 Å². The summed E-state index contributed by atoms with van der Waals surface area (Å²) >= 11 is 0. The van der Waals surface area contributed by atoms with Gasteiger partial charge >= 0.3 is 0 Å². The van der Waals surface area contributed by atoms with E-state index in [1.807, 2.05) is 24.3 Å². The highest BCUT2D eigenvalue weighted by Crippen LogP contribution is 2.17. The second-order valence-corrected chi connectivity index (χ2v) is 4.91. The van der Waals surface area contributed by atoms with Gasteiger partial charge < -0.3 is 24.8 Å². The van der Waals surface area contributed by atoms with E-state index in [0.29, 0.717) is 26.2 Å². The molecule has 0 bridgehead atoms. The van der Waals surface area contributed by atoms with Gasteiger partial charge in [0.05, 0.1) is 18.8 Å². The van der Waals surface area contributed by atoms with Crippen LogP contribution in [0.4, 0.5) is 5.69 Å². The zero-order chi connectivity index (χ0) is 15.1.